The van der Waals surface area contributed by atoms with Crippen LogP contribution in [0.1, 0.15) is 47.9 Å². The summed E-state index contributed by atoms with van der Waals surface area (Å²) in [5, 5.41) is 0. The molecule has 0 bridgehead atoms. The number of halogens is 4. The molecular formula is C32H26F4N2Zr. The minimum Gasteiger partial charge on any atom is -0.694 e. The van der Waals surface area contributed by atoms with Crippen LogP contribution < -0.4 is 0 Å². The zero-order chi connectivity index (χ0) is 27.7. The van der Waals surface area contributed by atoms with Crippen LogP contribution in [0, 0.1) is 35.4 Å². The van der Waals surface area contributed by atoms with Crippen molar-refractivity contribution in [3.63, 3.8) is 0 Å². The maximum Gasteiger partial charge on any atom is 4.00 e. The average molecular weight is 606 g/mol. The van der Waals surface area contributed by atoms with Crippen LogP contribution in [0.2, 0.25) is 0 Å². The quantitative estimate of drug-likeness (QED) is 0.141. The first-order valence-corrected chi connectivity index (χ1v) is 11.9. The van der Waals surface area contributed by atoms with Crippen molar-refractivity contribution < 1.29 is 43.8 Å². The summed E-state index contributed by atoms with van der Waals surface area (Å²) in [5.41, 5.74) is 17.5. The van der Waals surface area contributed by atoms with E-state index in [4.69, 9.17) is 11.5 Å². The van der Waals surface area contributed by atoms with Gasteiger partial charge in [-0.25, -0.2) is 29.7 Å². The van der Waals surface area contributed by atoms with Gasteiger partial charge in [0.25, 0.3) is 0 Å². The van der Waals surface area contributed by atoms with E-state index in [1.165, 1.54) is 34.4 Å². The second kappa shape index (κ2) is 15.2. The van der Waals surface area contributed by atoms with E-state index in [2.05, 4.69) is 86.7 Å². The number of benzene rings is 4. The molecule has 0 amide bonds. The van der Waals surface area contributed by atoms with E-state index < -0.39 is 34.6 Å². The summed E-state index contributed by atoms with van der Waals surface area (Å²) in [4.78, 5) is 0. The van der Waals surface area contributed by atoms with Crippen molar-refractivity contribution in [1.82, 2.24) is 0 Å². The predicted molar refractivity (Wildman–Crippen MR) is 146 cm³/mol. The summed E-state index contributed by atoms with van der Waals surface area (Å²) in [5.74, 6) is -2.30. The Balaban J connectivity index is 0.000000181. The molecule has 39 heavy (non-hydrogen) atoms. The molecule has 2 aliphatic carbocycles. The van der Waals surface area contributed by atoms with Crippen LogP contribution in [0.4, 0.5) is 28.9 Å². The maximum absolute atomic E-state index is 12.2. The Bertz CT molecular complexity index is 1290. The summed E-state index contributed by atoms with van der Waals surface area (Å²) in [6.45, 7) is 4.34. The molecule has 0 saturated heterocycles. The molecule has 0 aromatic heterocycles. The molecule has 0 spiro atoms. The van der Waals surface area contributed by atoms with Gasteiger partial charge in [-0.05, 0) is 24.3 Å². The Kier molecular flexibility index (Phi) is 12.4. The third kappa shape index (κ3) is 8.79. The van der Waals surface area contributed by atoms with Crippen LogP contribution in [0.5, 0.6) is 0 Å². The zero-order valence-electron chi connectivity index (χ0n) is 21.4. The van der Waals surface area contributed by atoms with Gasteiger partial charge in [-0.1, -0.05) is 85.6 Å². The molecule has 196 valence electrons. The minimum absolute atomic E-state index is 0. The van der Waals surface area contributed by atoms with Crippen LogP contribution in [-0.2, 0) is 26.2 Å². The van der Waals surface area contributed by atoms with E-state index in [-0.39, 0.29) is 26.2 Å². The fourth-order valence-electron chi connectivity index (χ4n) is 3.68. The fourth-order valence-corrected chi connectivity index (χ4v) is 3.68. The molecule has 0 fully saturated rings. The Morgan fingerprint density at radius 3 is 1.10 bits per heavy atom. The van der Waals surface area contributed by atoms with Gasteiger partial charge in [0.05, 0.1) is 0 Å². The number of fused-ring (bicyclic) bond motifs is 2. The number of hydrogen-bond donors (Lipinski definition) is 0. The molecule has 2 unspecified atom stereocenters. The molecule has 4 aromatic carbocycles. The molecule has 4 aromatic rings. The van der Waals surface area contributed by atoms with Gasteiger partial charge < -0.3 is 11.5 Å². The Morgan fingerprint density at radius 1 is 0.513 bits per heavy atom. The first-order chi connectivity index (χ1) is 18.2. The van der Waals surface area contributed by atoms with E-state index in [9.17, 15) is 17.6 Å². The maximum atomic E-state index is 12.2. The Morgan fingerprint density at radius 2 is 0.821 bits per heavy atom. The van der Waals surface area contributed by atoms with Crippen molar-refractivity contribution in [1.29, 1.82) is 0 Å². The van der Waals surface area contributed by atoms with Crippen molar-refractivity contribution >= 4 is 23.5 Å². The van der Waals surface area contributed by atoms with Crippen molar-refractivity contribution in [2.24, 2.45) is 0 Å². The van der Waals surface area contributed by atoms with Gasteiger partial charge >= 0.3 is 26.2 Å². The SMILES string of the molecule is CC1[C-]=Cc2ccccc21.CC1[C-]=Cc2ccccc21.[NH-]c1c(F)cccc1F.[NH-]c1c(F)cccc1F.[Zr+4]. The summed E-state index contributed by atoms with van der Waals surface area (Å²) >= 11 is 0. The molecule has 2 aliphatic rings. The summed E-state index contributed by atoms with van der Waals surface area (Å²) < 4.78 is 48.6. The number of nitrogens with one attached hydrogen (secondary N) is 2. The van der Waals surface area contributed by atoms with E-state index in [0.717, 1.165) is 24.3 Å². The monoisotopic (exact) mass is 604 g/mol. The third-order valence-corrected chi connectivity index (χ3v) is 5.83. The summed E-state index contributed by atoms with van der Waals surface area (Å²) in [6.07, 6.45) is 10.7. The second-order valence-corrected chi connectivity index (χ2v) is 8.52. The van der Waals surface area contributed by atoms with Gasteiger partial charge in [0.2, 0.25) is 0 Å². The first-order valence-electron chi connectivity index (χ1n) is 11.9. The second-order valence-electron chi connectivity index (χ2n) is 8.52. The largest absolute Gasteiger partial charge is 4.00 e. The van der Waals surface area contributed by atoms with Crippen LogP contribution in [-0.4, -0.2) is 0 Å². The van der Waals surface area contributed by atoms with Crippen LogP contribution in [0.25, 0.3) is 23.6 Å². The molecule has 2 nitrogen and oxygen atoms in total. The molecular weight excluding hydrogens is 580 g/mol. The van der Waals surface area contributed by atoms with Crippen LogP contribution >= 0.6 is 0 Å². The van der Waals surface area contributed by atoms with E-state index >= 15 is 0 Å². The standard InChI is InChI=1S/2C10H9.2C6H4F2N.Zr/c2*1-8-6-7-9-4-2-3-5-10(8)9;2*7-4-2-1-3-5(8)6(4)9;/h2*2-5,7-8H,1H3;2*1-3,9H;/q4*-1;+4. The first kappa shape index (κ1) is 31.8. The van der Waals surface area contributed by atoms with Gasteiger partial charge in [-0.3, -0.25) is 12.2 Å². The minimum atomic E-state index is -0.824. The molecule has 2 atom stereocenters. The fraction of sp³-hybridized carbons (Fsp3) is 0.125. The smallest absolute Gasteiger partial charge is 0.694 e. The van der Waals surface area contributed by atoms with Crippen LogP contribution in [0.3, 0.4) is 0 Å². The van der Waals surface area contributed by atoms with Crippen LogP contribution in [0.15, 0.2) is 84.9 Å². The van der Waals surface area contributed by atoms with Gasteiger partial charge in [0, 0.05) is 0 Å². The number of allylic oxidation sites excluding steroid dienone is 2. The third-order valence-electron chi connectivity index (χ3n) is 5.83. The van der Waals surface area contributed by atoms with Crippen molar-refractivity contribution in [2.45, 2.75) is 25.7 Å². The number of rotatable bonds is 0. The molecule has 0 heterocycles. The Hall–Kier alpha value is -3.44. The summed E-state index contributed by atoms with van der Waals surface area (Å²) in [6, 6.07) is 23.5. The van der Waals surface area contributed by atoms with Gasteiger partial charge in [-0.15, -0.1) is 23.3 Å². The average Bonchev–Trinajstić information content (AvgIpc) is 3.50. The van der Waals surface area contributed by atoms with Crippen molar-refractivity contribution in [3.05, 3.63) is 154 Å². The molecule has 0 saturated carbocycles. The van der Waals surface area contributed by atoms with Gasteiger partial charge in [0.1, 0.15) is 23.3 Å². The van der Waals surface area contributed by atoms with E-state index in [0.29, 0.717) is 11.8 Å². The van der Waals surface area contributed by atoms with E-state index in [1.54, 1.807) is 0 Å². The Labute approximate surface area is 246 Å². The normalized spacial score (nSPS) is 15.2. The zero-order valence-corrected chi connectivity index (χ0v) is 23.9. The van der Waals surface area contributed by atoms with Gasteiger partial charge in [0.15, 0.2) is 0 Å². The molecule has 0 aliphatic heterocycles. The van der Waals surface area contributed by atoms with Gasteiger partial charge in [-0.2, -0.15) is 11.1 Å². The van der Waals surface area contributed by atoms with Crippen molar-refractivity contribution in [3.8, 4) is 0 Å². The molecule has 6 rings (SSSR count). The topological polar surface area (TPSA) is 47.6 Å². The van der Waals surface area contributed by atoms with E-state index in [1.807, 2.05) is 0 Å². The van der Waals surface area contributed by atoms with Crippen molar-refractivity contribution in [2.75, 3.05) is 0 Å². The summed E-state index contributed by atoms with van der Waals surface area (Å²) in [7, 11) is 0. The number of hydrogen-bond acceptors (Lipinski definition) is 0. The molecule has 7 heteroatoms. The molecule has 0 radical (unpaired) electrons. The predicted octanol–water partition coefficient (Wildman–Crippen LogP) is 10.5. The molecule has 2 N–H and O–H groups in total.